The number of phenols is 1. The summed E-state index contributed by atoms with van der Waals surface area (Å²) in [5.41, 5.74) is 15.8. The number of aromatic hydroxyl groups is 1. The van der Waals surface area contributed by atoms with Crippen molar-refractivity contribution in [2.45, 2.75) is 31.3 Å². The van der Waals surface area contributed by atoms with Crippen LogP contribution in [0.2, 0.25) is 0 Å². The fraction of sp³-hybridized carbons (Fsp3) is 0.320. The Morgan fingerprint density at radius 3 is 2.61 bits per heavy atom. The maximum absolute atomic E-state index is 10.2. The summed E-state index contributed by atoms with van der Waals surface area (Å²) >= 11 is 0. The second-order valence-corrected chi connectivity index (χ2v) is 8.45. The molecule has 0 radical (unpaired) electrons. The predicted octanol–water partition coefficient (Wildman–Crippen LogP) is 2.38. The summed E-state index contributed by atoms with van der Waals surface area (Å²) in [5, 5.41) is 18.7. The first-order valence-corrected chi connectivity index (χ1v) is 11.2. The van der Waals surface area contributed by atoms with Gasteiger partial charge in [-0.25, -0.2) is 4.98 Å². The van der Waals surface area contributed by atoms with Crippen molar-refractivity contribution in [1.29, 1.82) is 0 Å². The summed E-state index contributed by atoms with van der Waals surface area (Å²) in [4.78, 5) is 9.19. The maximum Gasteiger partial charge on any atom is 0.169 e. The van der Waals surface area contributed by atoms with Gasteiger partial charge in [-0.2, -0.15) is 0 Å². The zero-order valence-electron chi connectivity index (χ0n) is 18.4. The molecular weight excluding hydrogens is 414 g/mol. The number of hydrogen-bond acceptors (Lipinski definition) is 8. The van der Waals surface area contributed by atoms with Crippen LogP contribution in [0.1, 0.15) is 25.0 Å². The van der Waals surface area contributed by atoms with Crippen LogP contribution in [0.4, 0.5) is 17.2 Å². The van der Waals surface area contributed by atoms with E-state index in [4.69, 9.17) is 11.5 Å². The SMILES string of the molecule is NCCC#Cc1cc(N2C3CCC2CN(c2cc(-c4ccccc4O)nnc2N)C3)ccn1. The van der Waals surface area contributed by atoms with Crippen molar-refractivity contribution in [2.24, 2.45) is 5.73 Å². The molecule has 4 heterocycles. The van der Waals surface area contributed by atoms with Crippen LogP contribution in [0.3, 0.4) is 0 Å². The van der Waals surface area contributed by atoms with E-state index in [-0.39, 0.29) is 5.75 Å². The topological polar surface area (TPSA) is 117 Å². The highest BCUT2D eigenvalue weighted by Crippen LogP contribution is 2.38. The quantitative estimate of drug-likeness (QED) is 0.528. The average molecular weight is 442 g/mol. The normalized spacial score (nSPS) is 19.3. The largest absolute Gasteiger partial charge is 0.507 e. The van der Waals surface area contributed by atoms with Crippen LogP contribution >= 0.6 is 0 Å². The highest BCUT2D eigenvalue weighted by Gasteiger charge is 2.40. The number of nitrogens with two attached hydrogens (primary N) is 2. The van der Waals surface area contributed by atoms with Crippen LogP contribution in [0.25, 0.3) is 11.3 Å². The maximum atomic E-state index is 10.2. The van der Waals surface area contributed by atoms with E-state index in [1.165, 1.54) is 0 Å². The summed E-state index contributed by atoms with van der Waals surface area (Å²) in [6.45, 7) is 2.23. The number of nitrogen functional groups attached to an aromatic ring is 1. The molecular formula is C25H27N7O. The number of hydrogen-bond donors (Lipinski definition) is 3. The highest BCUT2D eigenvalue weighted by molar-refractivity contribution is 5.74. The van der Waals surface area contributed by atoms with Crippen LogP contribution in [0.5, 0.6) is 5.75 Å². The monoisotopic (exact) mass is 441 g/mol. The van der Waals surface area contributed by atoms with Gasteiger partial charge in [0.15, 0.2) is 5.82 Å². The number of piperazine rings is 1. The molecule has 1 aromatic carbocycles. The van der Waals surface area contributed by atoms with Gasteiger partial charge in [0.2, 0.25) is 0 Å². The summed E-state index contributed by atoms with van der Waals surface area (Å²) < 4.78 is 0. The lowest BCUT2D eigenvalue weighted by Gasteiger charge is -2.43. The summed E-state index contributed by atoms with van der Waals surface area (Å²) in [6.07, 6.45) is 4.72. The number of aromatic nitrogens is 3. The second-order valence-electron chi connectivity index (χ2n) is 8.45. The zero-order valence-corrected chi connectivity index (χ0v) is 18.4. The molecule has 168 valence electrons. The third kappa shape index (κ3) is 4.15. The molecule has 2 bridgehead atoms. The van der Waals surface area contributed by atoms with Crippen LogP contribution in [-0.2, 0) is 0 Å². The van der Waals surface area contributed by atoms with Gasteiger partial charge in [0.1, 0.15) is 11.4 Å². The second kappa shape index (κ2) is 8.96. The molecule has 8 heteroatoms. The van der Waals surface area contributed by atoms with Gasteiger partial charge in [0.25, 0.3) is 0 Å². The fourth-order valence-corrected chi connectivity index (χ4v) is 4.86. The third-order valence-electron chi connectivity index (χ3n) is 6.33. The van der Waals surface area contributed by atoms with E-state index in [1.54, 1.807) is 12.1 Å². The van der Waals surface area contributed by atoms with Crippen LogP contribution in [-0.4, -0.2) is 52.0 Å². The lowest BCUT2D eigenvalue weighted by molar-refractivity contribution is 0.477. The molecule has 8 nitrogen and oxygen atoms in total. The first-order valence-electron chi connectivity index (χ1n) is 11.2. The molecule has 0 spiro atoms. The zero-order chi connectivity index (χ0) is 22.8. The molecule has 5 N–H and O–H groups in total. The molecule has 2 fully saturated rings. The van der Waals surface area contributed by atoms with Gasteiger partial charge in [0.05, 0.1) is 11.4 Å². The summed E-state index contributed by atoms with van der Waals surface area (Å²) in [7, 11) is 0. The predicted molar refractivity (Wildman–Crippen MR) is 130 cm³/mol. The average Bonchev–Trinajstić information content (AvgIpc) is 3.10. The molecule has 2 unspecified atom stereocenters. The Kier molecular flexibility index (Phi) is 5.71. The Balaban J connectivity index is 1.40. The van der Waals surface area contributed by atoms with Crippen LogP contribution in [0.15, 0.2) is 48.7 Å². The third-order valence-corrected chi connectivity index (χ3v) is 6.33. The Morgan fingerprint density at radius 2 is 1.85 bits per heavy atom. The molecule has 0 aliphatic carbocycles. The molecule has 0 amide bonds. The Labute approximate surface area is 193 Å². The molecule has 2 saturated heterocycles. The van der Waals surface area contributed by atoms with Crippen molar-refractivity contribution in [3.63, 3.8) is 0 Å². The minimum atomic E-state index is 0.176. The molecule has 0 saturated carbocycles. The number of pyridine rings is 1. The van der Waals surface area contributed by atoms with Gasteiger partial charge in [-0.15, -0.1) is 10.2 Å². The van der Waals surface area contributed by atoms with E-state index in [1.807, 2.05) is 24.4 Å². The number of phenolic OH excluding ortho intramolecular Hbond substituents is 1. The Bertz CT molecular complexity index is 1200. The van der Waals surface area contributed by atoms with E-state index in [9.17, 15) is 5.11 Å². The van der Waals surface area contributed by atoms with Crippen LogP contribution < -0.4 is 21.3 Å². The van der Waals surface area contributed by atoms with Gasteiger partial charge < -0.3 is 26.4 Å². The number of para-hydroxylation sites is 1. The van der Waals surface area contributed by atoms with Gasteiger partial charge in [-0.3, -0.25) is 0 Å². The number of nitrogens with zero attached hydrogens (tertiary/aromatic N) is 5. The molecule has 2 aliphatic heterocycles. The van der Waals surface area contributed by atoms with Crippen molar-refractivity contribution in [3.8, 4) is 28.8 Å². The Morgan fingerprint density at radius 1 is 1.06 bits per heavy atom. The molecule has 5 rings (SSSR count). The van der Waals surface area contributed by atoms with Crippen molar-refractivity contribution in [1.82, 2.24) is 15.2 Å². The standard InChI is InChI=1S/C25H27N7O/c26-11-4-3-5-17-13-18(10-12-28-17)32-19-8-9-20(32)16-31(15-19)23-14-22(29-30-25(23)27)21-6-1-2-7-24(21)33/h1-2,6-7,10,12-14,19-20,33H,4,8-9,11,15-16,26H2,(H2,27,30). The number of fused-ring (bicyclic) bond motifs is 2. The Hall–Kier alpha value is -3.83. The lowest BCUT2D eigenvalue weighted by Crippen LogP contribution is -2.54. The van der Waals surface area contributed by atoms with Gasteiger partial charge >= 0.3 is 0 Å². The van der Waals surface area contributed by atoms with Crippen molar-refractivity contribution >= 4 is 17.2 Å². The molecule has 3 aromatic rings. The number of benzene rings is 1. The molecule has 2 aliphatic rings. The van der Waals surface area contributed by atoms with E-state index >= 15 is 0 Å². The van der Waals surface area contributed by atoms with Gasteiger partial charge in [-0.1, -0.05) is 18.1 Å². The minimum Gasteiger partial charge on any atom is -0.507 e. The van der Waals surface area contributed by atoms with Gasteiger partial charge in [-0.05, 0) is 49.1 Å². The minimum absolute atomic E-state index is 0.176. The van der Waals surface area contributed by atoms with E-state index in [2.05, 4.69) is 49.0 Å². The van der Waals surface area contributed by atoms with E-state index in [0.29, 0.717) is 42.1 Å². The lowest BCUT2D eigenvalue weighted by atomic mass is 10.1. The fourth-order valence-electron chi connectivity index (χ4n) is 4.86. The molecule has 2 aromatic heterocycles. The summed E-state index contributed by atoms with van der Waals surface area (Å²) in [6, 6.07) is 13.9. The van der Waals surface area contributed by atoms with Crippen molar-refractivity contribution < 1.29 is 5.11 Å². The smallest absolute Gasteiger partial charge is 0.169 e. The first-order chi connectivity index (χ1) is 16.1. The van der Waals surface area contributed by atoms with Crippen LogP contribution in [0, 0.1) is 11.8 Å². The highest BCUT2D eigenvalue weighted by atomic mass is 16.3. The van der Waals surface area contributed by atoms with Crippen molar-refractivity contribution in [3.05, 3.63) is 54.4 Å². The molecule has 2 atom stereocenters. The van der Waals surface area contributed by atoms with E-state index < -0.39 is 0 Å². The van der Waals surface area contributed by atoms with E-state index in [0.717, 1.165) is 43.0 Å². The van der Waals surface area contributed by atoms with Gasteiger partial charge in [0, 0.05) is 55.6 Å². The summed E-state index contributed by atoms with van der Waals surface area (Å²) in [5.74, 6) is 6.76. The first kappa shape index (κ1) is 21.0. The number of anilines is 3. The van der Waals surface area contributed by atoms with Crippen molar-refractivity contribution in [2.75, 3.05) is 35.2 Å². The number of rotatable bonds is 4. The molecule has 33 heavy (non-hydrogen) atoms.